The summed E-state index contributed by atoms with van der Waals surface area (Å²) in [5.74, 6) is -2.05. The molecular weight excluding hydrogens is 596 g/mol. The number of aliphatic hydroxyl groups is 1. The summed E-state index contributed by atoms with van der Waals surface area (Å²) < 4.78 is 44.9. The molecule has 236 valence electrons. The molecule has 0 radical (unpaired) electrons. The molecule has 4 atom stereocenters. The van der Waals surface area contributed by atoms with E-state index in [1.807, 2.05) is 0 Å². The van der Waals surface area contributed by atoms with Crippen molar-refractivity contribution in [1.82, 2.24) is 0 Å². The van der Waals surface area contributed by atoms with Crippen molar-refractivity contribution in [3.05, 3.63) is 47.0 Å². The number of hydrogen-bond acceptors (Lipinski definition) is 14. The lowest BCUT2D eigenvalue weighted by Gasteiger charge is -2.40. The number of rotatable bonds is 7. The van der Waals surface area contributed by atoms with Crippen LogP contribution < -0.4 is 14.2 Å². The summed E-state index contributed by atoms with van der Waals surface area (Å²) in [5.41, 5.74) is 1.56. The zero-order chi connectivity index (χ0) is 32.0. The van der Waals surface area contributed by atoms with Crippen molar-refractivity contribution >= 4 is 34.6 Å². The second-order valence-electron chi connectivity index (χ2n) is 10.5. The molecule has 0 aliphatic carbocycles. The molecule has 0 spiro atoms. The van der Waals surface area contributed by atoms with Gasteiger partial charge in [0.25, 0.3) is 0 Å². The first kappa shape index (κ1) is 30.0. The van der Waals surface area contributed by atoms with Crippen LogP contribution in [0.15, 0.2) is 30.3 Å². The van der Waals surface area contributed by atoms with Gasteiger partial charge in [0.15, 0.2) is 23.7 Å². The zero-order valence-electron chi connectivity index (χ0n) is 24.3. The zero-order valence-corrected chi connectivity index (χ0v) is 24.3. The number of esters is 4. The average molecular weight is 625 g/mol. The number of cyclic esters (lactones) is 1. The maximum atomic E-state index is 13.3. The standard InChI is InChI=1S/C31H28O14/c1-13(33)42-24-11-39-31(29(44-15(3)35)28(24)43-14(2)34)45-27-19-6-17(9-32)21(36)8-18(19)25(26-20(27)10-38-30(26)37)16-4-5-22-23(7-16)41-12-40-22/h4-8,24,28-29,31-32,36H,9-12H2,1-3H3. The molecule has 14 nitrogen and oxygen atoms in total. The number of aliphatic hydroxyl groups excluding tert-OH is 1. The third kappa shape index (κ3) is 5.53. The summed E-state index contributed by atoms with van der Waals surface area (Å²) in [6.07, 6.45) is -5.29. The van der Waals surface area contributed by atoms with Crippen LogP contribution in [-0.4, -0.2) is 72.1 Å². The quantitative estimate of drug-likeness (QED) is 0.289. The van der Waals surface area contributed by atoms with E-state index in [1.165, 1.54) is 12.1 Å². The number of carbonyl (C=O) groups excluding carboxylic acids is 4. The minimum atomic E-state index is -1.43. The van der Waals surface area contributed by atoms with Crippen LogP contribution in [0.4, 0.5) is 0 Å². The summed E-state index contributed by atoms with van der Waals surface area (Å²) in [6.45, 7) is 2.44. The SMILES string of the molecule is CC(=O)OC1COC(Oc2c3c(c(-c4ccc5c(c4)OCO5)c4cc(O)c(CO)cc24)C(=O)OC3)C(OC(C)=O)C1OC(C)=O. The Kier molecular flexibility index (Phi) is 7.85. The van der Waals surface area contributed by atoms with Gasteiger partial charge in [-0.25, -0.2) is 4.79 Å². The Bertz CT molecular complexity index is 1730. The molecule has 2 N–H and O–H groups in total. The Morgan fingerprint density at radius 1 is 0.867 bits per heavy atom. The molecule has 1 fully saturated rings. The molecule has 1 saturated heterocycles. The number of benzene rings is 3. The fraction of sp³-hybridized carbons (Fsp3) is 0.355. The smallest absolute Gasteiger partial charge is 0.339 e. The molecule has 4 unspecified atom stereocenters. The number of ether oxygens (including phenoxy) is 8. The van der Waals surface area contributed by atoms with Crippen molar-refractivity contribution in [2.45, 2.75) is 58.6 Å². The largest absolute Gasteiger partial charge is 0.508 e. The van der Waals surface area contributed by atoms with Crippen LogP contribution in [0.1, 0.15) is 42.3 Å². The van der Waals surface area contributed by atoms with Gasteiger partial charge in [-0.3, -0.25) is 14.4 Å². The second-order valence-corrected chi connectivity index (χ2v) is 10.5. The highest BCUT2D eigenvalue weighted by Gasteiger charge is 2.49. The third-order valence-electron chi connectivity index (χ3n) is 7.48. The summed E-state index contributed by atoms with van der Waals surface area (Å²) in [6, 6.07) is 8.00. The Hall–Kier alpha value is -5.08. The first-order valence-electron chi connectivity index (χ1n) is 13.9. The molecular formula is C31H28O14. The molecule has 3 heterocycles. The van der Waals surface area contributed by atoms with Gasteiger partial charge in [-0.15, -0.1) is 0 Å². The van der Waals surface area contributed by atoms with Crippen molar-refractivity contribution in [3.8, 4) is 34.1 Å². The maximum absolute atomic E-state index is 13.3. The van der Waals surface area contributed by atoms with Crippen LogP contribution in [0.5, 0.6) is 23.0 Å². The molecule has 6 rings (SSSR count). The predicted octanol–water partition coefficient (Wildman–Crippen LogP) is 2.63. The molecule has 3 aliphatic rings. The first-order valence-corrected chi connectivity index (χ1v) is 13.9. The van der Waals surface area contributed by atoms with Gasteiger partial charge in [0, 0.05) is 42.8 Å². The van der Waals surface area contributed by atoms with Gasteiger partial charge in [0.2, 0.25) is 19.2 Å². The molecule has 3 aromatic carbocycles. The first-order chi connectivity index (χ1) is 21.5. The van der Waals surface area contributed by atoms with Gasteiger partial charge in [0.05, 0.1) is 18.8 Å². The lowest BCUT2D eigenvalue weighted by Crippen LogP contribution is -2.59. The van der Waals surface area contributed by atoms with Crippen LogP contribution in [0.2, 0.25) is 0 Å². The number of fused-ring (bicyclic) bond motifs is 3. The minimum Gasteiger partial charge on any atom is -0.508 e. The van der Waals surface area contributed by atoms with Crippen molar-refractivity contribution in [3.63, 3.8) is 0 Å². The van der Waals surface area contributed by atoms with E-state index in [0.717, 1.165) is 20.8 Å². The Balaban J connectivity index is 1.53. The summed E-state index contributed by atoms with van der Waals surface area (Å²) in [5, 5.41) is 21.5. The Morgan fingerprint density at radius 2 is 1.58 bits per heavy atom. The fourth-order valence-corrected chi connectivity index (χ4v) is 5.70. The molecule has 45 heavy (non-hydrogen) atoms. The normalized spacial score (nSPS) is 21.6. The van der Waals surface area contributed by atoms with Gasteiger partial charge >= 0.3 is 23.9 Å². The fourth-order valence-electron chi connectivity index (χ4n) is 5.70. The highest BCUT2D eigenvalue weighted by atomic mass is 16.7. The molecule has 0 saturated carbocycles. The highest BCUT2D eigenvalue weighted by molar-refractivity contribution is 6.13. The number of phenols is 1. The van der Waals surface area contributed by atoms with Crippen molar-refractivity contribution in [2.75, 3.05) is 13.4 Å². The number of hydrogen-bond donors (Lipinski definition) is 2. The Morgan fingerprint density at radius 3 is 2.29 bits per heavy atom. The van der Waals surface area contributed by atoms with Crippen LogP contribution in [0, 0.1) is 0 Å². The number of aromatic hydroxyl groups is 1. The molecule has 0 bridgehead atoms. The van der Waals surface area contributed by atoms with Crippen LogP contribution in [0.25, 0.3) is 21.9 Å². The van der Waals surface area contributed by atoms with E-state index in [9.17, 15) is 29.4 Å². The van der Waals surface area contributed by atoms with Crippen molar-refractivity contribution in [1.29, 1.82) is 0 Å². The van der Waals surface area contributed by atoms with Crippen molar-refractivity contribution in [2.24, 2.45) is 0 Å². The van der Waals surface area contributed by atoms with E-state index in [4.69, 9.17) is 37.9 Å². The predicted molar refractivity (Wildman–Crippen MR) is 149 cm³/mol. The minimum absolute atomic E-state index is 0.0324. The number of carbonyl (C=O) groups is 4. The van der Waals surface area contributed by atoms with Gasteiger partial charge in [-0.05, 0) is 35.2 Å². The maximum Gasteiger partial charge on any atom is 0.339 e. The van der Waals surface area contributed by atoms with Gasteiger partial charge in [0.1, 0.15) is 18.1 Å². The second kappa shape index (κ2) is 11.8. The van der Waals surface area contributed by atoms with E-state index in [-0.39, 0.29) is 42.6 Å². The lowest BCUT2D eigenvalue weighted by atomic mass is 9.88. The third-order valence-corrected chi connectivity index (χ3v) is 7.48. The molecule has 14 heteroatoms. The molecule has 0 aromatic heterocycles. The van der Waals surface area contributed by atoms with Crippen LogP contribution >= 0.6 is 0 Å². The van der Waals surface area contributed by atoms with E-state index in [1.54, 1.807) is 18.2 Å². The monoisotopic (exact) mass is 624 g/mol. The lowest BCUT2D eigenvalue weighted by molar-refractivity contribution is -0.259. The molecule has 3 aliphatic heterocycles. The average Bonchev–Trinajstić information content (AvgIpc) is 3.61. The summed E-state index contributed by atoms with van der Waals surface area (Å²) >= 11 is 0. The van der Waals surface area contributed by atoms with E-state index >= 15 is 0 Å². The summed E-state index contributed by atoms with van der Waals surface area (Å²) in [7, 11) is 0. The Labute approximate surface area is 255 Å². The van der Waals surface area contributed by atoms with Gasteiger partial charge in [-0.2, -0.15) is 0 Å². The van der Waals surface area contributed by atoms with Gasteiger partial charge < -0.3 is 48.1 Å². The van der Waals surface area contributed by atoms with Crippen molar-refractivity contribution < 1.29 is 67.3 Å². The summed E-state index contributed by atoms with van der Waals surface area (Å²) in [4.78, 5) is 49.3. The van der Waals surface area contributed by atoms with E-state index in [2.05, 4.69) is 0 Å². The van der Waals surface area contributed by atoms with Crippen LogP contribution in [0.3, 0.4) is 0 Å². The molecule has 3 aromatic rings. The van der Waals surface area contributed by atoms with Gasteiger partial charge in [-0.1, -0.05) is 6.07 Å². The van der Waals surface area contributed by atoms with Crippen LogP contribution in [-0.2, 0) is 51.3 Å². The van der Waals surface area contributed by atoms with E-state index < -0.39 is 55.1 Å². The molecule has 0 amide bonds. The topological polar surface area (TPSA) is 183 Å². The van der Waals surface area contributed by atoms with E-state index in [0.29, 0.717) is 39.0 Å². The highest BCUT2D eigenvalue weighted by Crippen LogP contribution is 2.48.